The number of benzene rings is 6. The molecule has 0 spiro atoms. The lowest BCUT2D eigenvalue weighted by atomic mass is 10.2. The standard InChI is InChI=1S/C21H14N3S.2C16H12N3O.C15H9N2OS.C15H9N2S2/c1-2-7-14(8-3-1)24-18-11-5-4-9-16(18)19-20(24)23-13-17-15(21(23)25-19)10-6-12-22-17;2*1-18-13-7-3-2-5-11(13)14-15(18)19-9-12-10(16(19)20-14)6-4-8-17-12;1-2-6-12-10(4-1)13-14(18-12)17-8-11-9(15(17)19-13)5-3-7-16-11;1-2-6-12-10(4-1)13-15(18-12)17-8-11-9(14(17)19-13)5-3-7-16-11/h1-12H,13H2;2*2-8H,9H2,1H3;2*1-7H,8H2/q5*+1/i;1D3;;;. The van der Waals surface area contributed by atoms with E-state index in [1.54, 1.807) is 17.5 Å². The number of thiophene rings is 1. The number of oxazole rings is 2. The largest absolute Gasteiger partial charge is 0.413 e. The summed E-state index contributed by atoms with van der Waals surface area (Å²) in [5, 5.41) is 9.80. The van der Waals surface area contributed by atoms with E-state index in [4.69, 9.17) is 17.4 Å². The maximum Gasteiger partial charge on any atom is 0.393 e. The molecule has 20 heterocycles. The van der Waals surface area contributed by atoms with Crippen molar-refractivity contribution in [2.24, 2.45) is 14.0 Å². The van der Waals surface area contributed by atoms with Crippen molar-refractivity contribution in [1.82, 2.24) is 38.6 Å². The van der Waals surface area contributed by atoms with Crippen LogP contribution in [0.4, 0.5) is 0 Å². The molecule has 5 aliphatic rings. The number of aryl methyl sites for hydroxylation is 2. The van der Waals surface area contributed by atoms with Gasteiger partial charge in [-0.15, -0.1) is 4.57 Å². The number of hydrogen-bond donors (Lipinski definition) is 0. The van der Waals surface area contributed by atoms with Crippen LogP contribution in [-0.2, 0) is 46.7 Å². The van der Waals surface area contributed by atoms with Crippen LogP contribution in [0.25, 0.3) is 167 Å². The van der Waals surface area contributed by atoms with Crippen LogP contribution in [0.15, 0.2) is 257 Å². The summed E-state index contributed by atoms with van der Waals surface area (Å²) in [7, 11) is 2.09. The van der Waals surface area contributed by atoms with Gasteiger partial charge in [0, 0.05) is 51.8 Å². The SMILES string of the molecule is Cn1c2ccccc2c2oc3[n+](c21)Cc1ncccc1-3.[2H]C([2H])([2H])n1c2ccccc2c2oc3[n+](c21)Cc1ncccc1-3.c1ccc(-n2c3ccccc3c3sc4[n+](c32)Cc2ncccc2-4)cc1.c1cnc2c(c1)-c1sc3c4ccccc4oc3[n+]1C2.c1cnc2c(c1)-c1sc3c4ccccc4sc3[n+]1C2. The second-order valence-corrected chi connectivity index (χ2v) is 30.0. The van der Waals surface area contributed by atoms with Gasteiger partial charge < -0.3 is 13.3 Å². The molecule has 16 nitrogen and oxygen atoms in total. The van der Waals surface area contributed by atoms with Gasteiger partial charge >= 0.3 is 22.7 Å². The highest BCUT2D eigenvalue weighted by Gasteiger charge is 2.40. The Hall–Kier alpha value is -12.2. The lowest BCUT2D eigenvalue weighted by Crippen LogP contribution is -2.32. The molecule has 0 unspecified atom stereocenters. The zero-order valence-electron chi connectivity index (χ0n) is 57.8. The van der Waals surface area contributed by atoms with Crippen molar-refractivity contribution in [2.75, 3.05) is 0 Å². The predicted octanol–water partition coefficient (Wildman–Crippen LogP) is 17.0. The molecule has 0 bridgehead atoms. The third-order valence-electron chi connectivity index (χ3n) is 20.3. The molecule has 21 aromatic rings. The topological polar surface area (TPSA) is 138 Å². The summed E-state index contributed by atoms with van der Waals surface area (Å²) in [5.41, 5.74) is 22.1. The summed E-state index contributed by atoms with van der Waals surface area (Å²) >= 11 is 7.46. The number of pyridine rings is 5. The Labute approximate surface area is 605 Å². The number of fused-ring (bicyclic) bond motifs is 35. The van der Waals surface area contributed by atoms with Crippen molar-refractivity contribution in [3.8, 4) is 60.3 Å². The Morgan fingerprint density at radius 1 is 0.359 bits per heavy atom. The van der Waals surface area contributed by atoms with Gasteiger partial charge in [0.15, 0.2) is 22.8 Å². The molecule has 0 aliphatic carbocycles. The van der Waals surface area contributed by atoms with Gasteiger partial charge in [0.1, 0.15) is 68.2 Å². The van der Waals surface area contributed by atoms with E-state index in [9.17, 15) is 0 Å². The van der Waals surface area contributed by atoms with E-state index >= 15 is 0 Å². The van der Waals surface area contributed by atoms with Crippen molar-refractivity contribution < 1.29 is 40.2 Å². The van der Waals surface area contributed by atoms with E-state index in [1.807, 2.05) is 136 Å². The number of aromatic nitrogens is 13. The van der Waals surface area contributed by atoms with Crippen molar-refractivity contribution in [1.29, 1.82) is 0 Å². The Bertz CT molecular complexity index is 7090. The van der Waals surface area contributed by atoms with E-state index in [-0.39, 0.29) is 0 Å². The fourth-order valence-electron chi connectivity index (χ4n) is 15.7. The van der Waals surface area contributed by atoms with E-state index in [0.29, 0.717) is 29.2 Å². The third-order valence-corrected chi connectivity index (χ3v) is 25.4. The molecule has 0 radical (unpaired) electrons. The Morgan fingerprint density at radius 3 is 1.43 bits per heavy atom. The highest BCUT2D eigenvalue weighted by molar-refractivity contribution is 7.32. The van der Waals surface area contributed by atoms with Crippen LogP contribution in [0.1, 0.15) is 32.6 Å². The van der Waals surface area contributed by atoms with Crippen molar-refractivity contribution in [3.05, 3.63) is 272 Å². The predicted molar refractivity (Wildman–Crippen MR) is 405 cm³/mol. The summed E-state index contributed by atoms with van der Waals surface area (Å²) in [4.78, 5) is 23.7. The smallest absolute Gasteiger partial charge is 0.393 e. The number of para-hydroxylation sites is 5. The second kappa shape index (κ2) is 22.7. The van der Waals surface area contributed by atoms with Crippen LogP contribution in [0.2, 0.25) is 0 Å². The summed E-state index contributed by atoms with van der Waals surface area (Å²) in [6.45, 7) is 1.58. The van der Waals surface area contributed by atoms with Crippen LogP contribution in [0.3, 0.4) is 0 Å². The second-order valence-electron chi connectivity index (χ2n) is 26.0. The normalized spacial score (nSPS) is 13.5. The fourth-order valence-corrected chi connectivity index (χ4v) is 21.0. The van der Waals surface area contributed by atoms with E-state index < -0.39 is 6.98 Å². The highest BCUT2D eigenvalue weighted by atomic mass is 32.1. The van der Waals surface area contributed by atoms with Gasteiger partial charge in [-0.2, -0.15) is 18.3 Å². The minimum atomic E-state index is -2.28. The molecule has 103 heavy (non-hydrogen) atoms. The summed E-state index contributed by atoms with van der Waals surface area (Å²) in [6, 6.07) is 72.4. The van der Waals surface area contributed by atoms with Crippen LogP contribution in [0.5, 0.6) is 0 Å². The minimum Gasteiger partial charge on any atom is -0.413 e. The van der Waals surface area contributed by atoms with Gasteiger partial charge in [-0.3, -0.25) is 24.9 Å². The molecule has 0 amide bonds. The van der Waals surface area contributed by atoms with Gasteiger partial charge in [-0.1, -0.05) is 130 Å². The number of furan rings is 1. The Kier molecular flexibility index (Phi) is 12.2. The maximum atomic E-state index is 7.94. The maximum absolute atomic E-state index is 7.94. The molecule has 0 N–H and O–H groups in total. The quantitative estimate of drug-likeness (QED) is 0.148. The molecule has 5 aliphatic heterocycles. The summed E-state index contributed by atoms with van der Waals surface area (Å²) in [6.07, 6.45) is 9.20. The number of rotatable bonds is 1. The third kappa shape index (κ3) is 8.72. The molecule has 26 rings (SSSR count). The lowest BCUT2D eigenvalue weighted by molar-refractivity contribution is -0.652. The molecule has 15 aromatic heterocycles. The van der Waals surface area contributed by atoms with Crippen LogP contribution < -0.4 is 22.8 Å². The lowest BCUT2D eigenvalue weighted by Gasteiger charge is -2.00. The van der Waals surface area contributed by atoms with Gasteiger partial charge in [-0.05, 0) is 127 Å². The summed E-state index contributed by atoms with van der Waals surface area (Å²) in [5.74, 6) is 1.58. The van der Waals surface area contributed by atoms with Gasteiger partial charge in [0.2, 0.25) is 11.2 Å². The van der Waals surface area contributed by atoms with Gasteiger partial charge in [-0.25, -0.2) is 13.7 Å². The van der Waals surface area contributed by atoms with Crippen molar-refractivity contribution in [2.45, 2.75) is 32.7 Å². The Balaban J connectivity index is 0.0000000830. The van der Waals surface area contributed by atoms with Crippen molar-refractivity contribution >= 4 is 152 Å². The molecule has 0 saturated carbocycles. The first-order valence-electron chi connectivity index (χ1n) is 35.4. The van der Waals surface area contributed by atoms with E-state index in [1.165, 1.54) is 110 Å². The number of thiazole rings is 3. The number of nitrogens with zero attached hydrogens (tertiary/aromatic N) is 13. The fraction of sp³-hybridized carbons (Fsp3) is 0.0843. The average Bonchev–Trinajstić information content (AvgIpc) is 1.56. The molecule has 0 atom stereocenters. The molecule has 490 valence electrons. The first-order chi connectivity index (χ1) is 52.1. The highest BCUT2D eigenvalue weighted by Crippen LogP contribution is 2.45. The van der Waals surface area contributed by atoms with Crippen LogP contribution >= 0.6 is 45.3 Å². The first-order valence-corrected chi connectivity index (χ1v) is 37.2. The van der Waals surface area contributed by atoms with Crippen LogP contribution in [0, 0.1) is 0 Å². The van der Waals surface area contributed by atoms with Gasteiger partial charge in [0.05, 0.1) is 73.8 Å². The molecule has 20 heteroatoms. The van der Waals surface area contributed by atoms with Crippen molar-refractivity contribution in [3.63, 3.8) is 0 Å². The zero-order chi connectivity index (χ0) is 70.2. The van der Waals surface area contributed by atoms with Gasteiger partial charge in [0.25, 0.3) is 26.6 Å². The average molecular weight is 1410 g/mol. The molecule has 0 saturated heterocycles. The Morgan fingerprint density at radius 2 is 0.806 bits per heavy atom. The molecular weight excluding hydrogens is 1360 g/mol. The molecule has 0 fully saturated rings. The zero-order valence-corrected chi connectivity index (χ0v) is 58.1. The first kappa shape index (κ1) is 55.6. The molecular formula is C83H56N13O3S4+5. The van der Waals surface area contributed by atoms with E-state index in [2.05, 4.69) is 199 Å². The van der Waals surface area contributed by atoms with E-state index in [0.717, 1.165) is 93.6 Å². The monoisotopic (exact) mass is 1410 g/mol. The number of hydrogen-bond acceptors (Lipinski definition) is 12. The minimum absolute atomic E-state index is 0.519. The molecule has 6 aromatic carbocycles. The summed E-state index contributed by atoms with van der Waals surface area (Å²) < 4.78 is 64.6. The van der Waals surface area contributed by atoms with Crippen LogP contribution in [-0.4, -0.2) is 38.6 Å².